The first-order chi connectivity index (χ1) is 9.92. The summed E-state index contributed by atoms with van der Waals surface area (Å²) in [6, 6.07) is 12.7. The van der Waals surface area contributed by atoms with Crippen molar-refractivity contribution in [2.45, 2.75) is 18.4 Å². The summed E-state index contributed by atoms with van der Waals surface area (Å²) >= 11 is 2.18. The SMILES string of the molecule is CNCc1ccc(C)c(S(=O)(=O)Nc2ccc(I)cc2)c1. The van der Waals surface area contributed by atoms with Crippen molar-refractivity contribution < 1.29 is 8.42 Å². The summed E-state index contributed by atoms with van der Waals surface area (Å²) in [5, 5.41) is 3.02. The van der Waals surface area contributed by atoms with E-state index in [1.165, 1.54) is 0 Å². The minimum Gasteiger partial charge on any atom is -0.316 e. The summed E-state index contributed by atoms with van der Waals surface area (Å²) in [5.41, 5.74) is 2.23. The molecule has 0 fully saturated rings. The van der Waals surface area contributed by atoms with Crippen molar-refractivity contribution in [2.24, 2.45) is 0 Å². The summed E-state index contributed by atoms with van der Waals surface area (Å²) in [6.45, 7) is 2.43. The maximum atomic E-state index is 12.5. The molecule has 0 amide bonds. The molecule has 0 spiro atoms. The van der Waals surface area contributed by atoms with Crippen molar-refractivity contribution in [3.63, 3.8) is 0 Å². The lowest BCUT2D eigenvalue weighted by Crippen LogP contribution is -2.15. The molecule has 0 atom stereocenters. The molecule has 0 saturated carbocycles. The van der Waals surface area contributed by atoms with Gasteiger partial charge in [0.1, 0.15) is 0 Å². The molecule has 2 aromatic rings. The molecule has 0 aromatic heterocycles. The fourth-order valence-electron chi connectivity index (χ4n) is 1.98. The first kappa shape index (κ1) is 16.3. The zero-order valence-electron chi connectivity index (χ0n) is 11.9. The van der Waals surface area contributed by atoms with E-state index in [0.717, 1.165) is 14.7 Å². The van der Waals surface area contributed by atoms with E-state index in [4.69, 9.17) is 0 Å². The second-order valence-electron chi connectivity index (χ2n) is 4.74. The third-order valence-electron chi connectivity index (χ3n) is 3.02. The number of hydrogen-bond donors (Lipinski definition) is 2. The van der Waals surface area contributed by atoms with Gasteiger partial charge in [-0.3, -0.25) is 4.72 Å². The Hall–Kier alpha value is -1.12. The molecule has 0 aliphatic carbocycles. The van der Waals surface area contributed by atoms with Gasteiger partial charge in [0.25, 0.3) is 10.0 Å². The second-order valence-corrected chi connectivity index (χ2v) is 7.64. The number of benzene rings is 2. The number of sulfonamides is 1. The monoisotopic (exact) mass is 416 g/mol. The van der Waals surface area contributed by atoms with Gasteiger partial charge in [-0.15, -0.1) is 0 Å². The molecule has 4 nitrogen and oxygen atoms in total. The summed E-state index contributed by atoms with van der Waals surface area (Å²) in [6.07, 6.45) is 0. The quantitative estimate of drug-likeness (QED) is 0.737. The molecule has 0 heterocycles. The standard InChI is InChI=1S/C15H17IN2O2S/c1-11-3-4-12(10-17-2)9-15(11)21(19,20)18-14-7-5-13(16)6-8-14/h3-9,17-18H,10H2,1-2H3. The highest BCUT2D eigenvalue weighted by Gasteiger charge is 2.17. The van der Waals surface area contributed by atoms with Gasteiger partial charge in [0.2, 0.25) is 0 Å². The van der Waals surface area contributed by atoms with Crippen LogP contribution in [0.4, 0.5) is 5.69 Å². The van der Waals surface area contributed by atoms with E-state index in [1.807, 2.05) is 31.3 Å². The Kier molecular flexibility index (Phi) is 5.23. The molecule has 2 N–H and O–H groups in total. The molecule has 2 rings (SSSR count). The van der Waals surface area contributed by atoms with Gasteiger partial charge in [0, 0.05) is 15.8 Å². The Morgan fingerprint density at radius 1 is 1.10 bits per heavy atom. The molecule has 112 valence electrons. The van der Waals surface area contributed by atoms with Crippen molar-refractivity contribution in [1.29, 1.82) is 0 Å². The third kappa shape index (κ3) is 4.18. The van der Waals surface area contributed by atoms with Crippen LogP contribution in [0.2, 0.25) is 0 Å². The Labute approximate surface area is 139 Å². The Balaban J connectivity index is 2.34. The van der Waals surface area contributed by atoms with E-state index in [9.17, 15) is 8.42 Å². The van der Waals surface area contributed by atoms with Crippen LogP contribution in [0.15, 0.2) is 47.4 Å². The Morgan fingerprint density at radius 2 is 1.76 bits per heavy atom. The predicted octanol–water partition coefficient (Wildman–Crippen LogP) is 3.12. The molecule has 0 radical (unpaired) electrons. The van der Waals surface area contributed by atoms with Crippen LogP contribution in [-0.4, -0.2) is 15.5 Å². The number of rotatable bonds is 5. The second kappa shape index (κ2) is 6.76. The maximum Gasteiger partial charge on any atom is 0.262 e. The minimum atomic E-state index is -3.58. The average Bonchev–Trinajstić information content (AvgIpc) is 2.43. The lowest BCUT2D eigenvalue weighted by atomic mass is 10.1. The normalized spacial score (nSPS) is 11.4. The summed E-state index contributed by atoms with van der Waals surface area (Å²) in [7, 11) is -1.75. The van der Waals surface area contributed by atoms with Crippen molar-refractivity contribution in [3.05, 3.63) is 57.2 Å². The summed E-state index contributed by atoms with van der Waals surface area (Å²) in [4.78, 5) is 0.314. The summed E-state index contributed by atoms with van der Waals surface area (Å²) in [5.74, 6) is 0. The number of hydrogen-bond acceptors (Lipinski definition) is 3. The number of anilines is 1. The molecule has 21 heavy (non-hydrogen) atoms. The van der Waals surface area contributed by atoms with Crippen LogP contribution in [0.3, 0.4) is 0 Å². The van der Waals surface area contributed by atoms with Gasteiger partial charge >= 0.3 is 0 Å². The maximum absolute atomic E-state index is 12.5. The molecule has 0 aliphatic heterocycles. The summed E-state index contributed by atoms with van der Waals surface area (Å²) < 4.78 is 28.7. The van der Waals surface area contributed by atoms with Crippen molar-refractivity contribution >= 4 is 38.3 Å². The zero-order chi connectivity index (χ0) is 15.5. The number of aryl methyl sites for hydroxylation is 1. The van der Waals surface area contributed by atoms with Crippen LogP contribution in [0.1, 0.15) is 11.1 Å². The zero-order valence-corrected chi connectivity index (χ0v) is 14.8. The predicted molar refractivity (Wildman–Crippen MR) is 93.9 cm³/mol. The molecule has 0 unspecified atom stereocenters. The highest BCUT2D eigenvalue weighted by atomic mass is 127. The van der Waals surface area contributed by atoms with Crippen LogP contribution in [0.25, 0.3) is 0 Å². The molecule has 6 heteroatoms. The fraction of sp³-hybridized carbons (Fsp3) is 0.200. The van der Waals surface area contributed by atoms with E-state index in [1.54, 1.807) is 25.1 Å². The molecule has 0 saturated heterocycles. The molecule has 0 aliphatic rings. The first-order valence-corrected chi connectivity index (χ1v) is 9.01. The van der Waals surface area contributed by atoms with E-state index < -0.39 is 10.0 Å². The van der Waals surface area contributed by atoms with E-state index in [0.29, 0.717) is 17.1 Å². The molecule has 2 aromatic carbocycles. The van der Waals surface area contributed by atoms with Gasteiger partial charge in [-0.2, -0.15) is 0 Å². The van der Waals surface area contributed by atoms with Gasteiger partial charge in [-0.05, 0) is 78.0 Å². The van der Waals surface area contributed by atoms with Crippen molar-refractivity contribution in [3.8, 4) is 0 Å². The van der Waals surface area contributed by atoms with Crippen LogP contribution in [-0.2, 0) is 16.6 Å². The van der Waals surface area contributed by atoms with Gasteiger partial charge in [0.05, 0.1) is 4.90 Å². The smallest absolute Gasteiger partial charge is 0.262 e. The van der Waals surface area contributed by atoms with Gasteiger partial charge in [-0.1, -0.05) is 12.1 Å². The van der Waals surface area contributed by atoms with Gasteiger partial charge in [0.15, 0.2) is 0 Å². The highest BCUT2D eigenvalue weighted by molar-refractivity contribution is 14.1. The van der Waals surface area contributed by atoms with Crippen LogP contribution in [0.5, 0.6) is 0 Å². The highest BCUT2D eigenvalue weighted by Crippen LogP contribution is 2.21. The molecular formula is C15H17IN2O2S. The minimum absolute atomic E-state index is 0.314. The van der Waals surface area contributed by atoms with E-state index in [2.05, 4.69) is 32.6 Å². The lowest BCUT2D eigenvalue weighted by molar-refractivity contribution is 0.600. The van der Waals surface area contributed by atoms with Gasteiger partial charge < -0.3 is 5.32 Å². The largest absolute Gasteiger partial charge is 0.316 e. The lowest BCUT2D eigenvalue weighted by Gasteiger charge is -2.12. The molecule has 0 bridgehead atoms. The Morgan fingerprint density at radius 3 is 2.38 bits per heavy atom. The van der Waals surface area contributed by atoms with Crippen molar-refractivity contribution in [1.82, 2.24) is 5.32 Å². The van der Waals surface area contributed by atoms with E-state index in [-0.39, 0.29) is 0 Å². The topological polar surface area (TPSA) is 58.2 Å². The Bertz CT molecular complexity index is 728. The average molecular weight is 416 g/mol. The first-order valence-electron chi connectivity index (χ1n) is 6.45. The number of nitrogens with one attached hydrogen (secondary N) is 2. The van der Waals surface area contributed by atoms with Gasteiger partial charge in [-0.25, -0.2) is 8.42 Å². The van der Waals surface area contributed by atoms with E-state index >= 15 is 0 Å². The molecular weight excluding hydrogens is 399 g/mol. The van der Waals surface area contributed by atoms with Crippen LogP contribution < -0.4 is 10.0 Å². The number of halogens is 1. The fourth-order valence-corrected chi connectivity index (χ4v) is 3.69. The van der Waals surface area contributed by atoms with Crippen LogP contribution in [0, 0.1) is 10.5 Å². The van der Waals surface area contributed by atoms with Crippen LogP contribution >= 0.6 is 22.6 Å². The van der Waals surface area contributed by atoms with Crippen molar-refractivity contribution in [2.75, 3.05) is 11.8 Å². The third-order valence-corrected chi connectivity index (χ3v) is 5.26.